The Morgan fingerprint density at radius 2 is 1.82 bits per heavy atom. The molecule has 1 heterocycles. The molecule has 1 saturated heterocycles. The molecule has 0 spiro atoms. The van der Waals surface area contributed by atoms with E-state index in [0.29, 0.717) is 19.6 Å². The molecule has 100 valence electrons. The summed E-state index contributed by atoms with van der Waals surface area (Å²) in [5.41, 5.74) is 5.57. The molecule has 17 heavy (non-hydrogen) atoms. The van der Waals surface area contributed by atoms with Gasteiger partial charge in [0.05, 0.1) is 6.54 Å². The number of carbonyl (C=O) groups is 1. The molecule has 0 saturated carbocycles. The van der Waals surface area contributed by atoms with Gasteiger partial charge in [-0.3, -0.25) is 14.6 Å². The number of carbonyl (C=O) groups excluding carboxylic acids is 1. The molecular weight excluding hydrogens is 216 g/mol. The maximum Gasteiger partial charge on any atom is 0.234 e. The highest BCUT2D eigenvalue weighted by molar-refractivity contribution is 5.78. The average Bonchev–Trinajstić information content (AvgIpc) is 2.26. The van der Waals surface area contributed by atoms with Gasteiger partial charge in [0.15, 0.2) is 0 Å². The summed E-state index contributed by atoms with van der Waals surface area (Å²) in [7, 11) is 0. The van der Waals surface area contributed by atoms with Crippen LogP contribution >= 0.6 is 0 Å². The minimum atomic E-state index is 0.0830. The number of nitrogens with two attached hydrogens (primary N) is 1. The molecule has 0 radical (unpaired) electrons. The first-order chi connectivity index (χ1) is 7.93. The van der Waals surface area contributed by atoms with Crippen LogP contribution in [0.1, 0.15) is 20.8 Å². The van der Waals surface area contributed by atoms with Crippen molar-refractivity contribution < 1.29 is 4.79 Å². The summed E-state index contributed by atoms with van der Waals surface area (Å²) >= 11 is 0. The maximum absolute atomic E-state index is 11.5. The highest BCUT2D eigenvalue weighted by atomic mass is 16.2. The first-order valence-corrected chi connectivity index (χ1v) is 6.37. The van der Waals surface area contributed by atoms with Gasteiger partial charge in [0.2, 0.25) is 5.91 Å². The predicted molar refractivity (Wildman–Crippen MR) is 69.8 cm³/mol. The molecule has 1 aliphatic heterocycles. The molecule has 0 atom stereocenters. The molecule has 5 nitrogen and oxygen atoms in total. The zero-order valence-corrected chi connectivity index (χ0v) is 11.3. The van der Waals surface area contributed by atoms with E-state index in [1.165, 1.54) is 0 Å². The summed E-state index contributed by atoms with van der Waals surface area (Å²) in [4.78, 5) is 16.2. The molecule has 1 fully saturated rings. The smallest absolute Gasteiger partial charge is 0.234 e. The number of piperazine rings is 1. The molecule has 0 bridgehead atoms. The summed E-state index contributed by atoms with van der Waals surface area (Å²) in [5.74, 6) is 0.0830. The Labute approximate surface area is 104 Å². The van der Waals surface area contributed by atoms with Crippen LogP contribution < -0.4 is 11.1 Å². The minimum absolute atomic E-state index is 0.0830. The summed E-state index contributed by atoms with van der Waals surface area (Å²) in [6.07, 6.45) is 0. The second-order valence-electron chi connectivity index (χ2n) is 5.57. The molecule has 0 aromatic heterocycles. The lowest BCUT2D eigenvalue weighted by Gasteiger charge is -2.42. The van der Waals surface area contributed by atoms with Crippen molar-refractivity contribution in [3.8, 4) is 0 Å². The Morgan fingerprint density at radius 3 is 2.29 bits per heavy atom. The van der Waals surface area contributed by atoms with Crippen LogP contribution in [0.2, 0.25) is 0 Å². The largest absolute Gasteiger partial charge is 0.354 e. The Morgan fingerprint density at radius 1 is 1.24 bits per heavy atom. The monoisotopic (exact) mass is 242 g/mol. The van der Waals surface area contributed by atoms with Crippen LogP contribution in [-0.2, 0) is 4.79 Å². The molecule has 0 aromatic carbocycles. The standard InChI is InChI=1S/C12H26N4O/c1-12(2,3)16-8-6-15(7-9-16)10-11(17)14-5-4-13/h4-10,13H2,1-3H3,(H,14,17). The Balaban J connectivity index is 2.25. The van der Waals surface area contributed by atoms with Crippen LogP contribution in [0.15, 0.2) is 0 Å². The van der Waals surface area contributed by atoms with E-state index in [1.54, 1.807) is 0 Å². The van der Waals surface area contributed by atoms with Crippen molar-refractivity contribution in [3.05, 3.63) is 0 Å². The van der Waals surface area contributed by atoms with E-state index in [4.69, 9.17) is 5.73 Å². The van der Waals surface area contributed by atoms with Crippen LogP contribution in [-0.4, -0.2) is 67.1 Å². The Bertz CT molecular complexity index is 241. The van der Waals surface area contributed by atoms with Crippen molar-refractivity contribution >= 4 is 5.91 Å². The summed E-state index contributed by atoms with van der Waals surface area (Å²) in [6.45, 7) is 12.3. The first-order valence-electron chi connectivity index (χ1n) is 6.37. The van der Waals surface area contributed by atoms with Gasteiger partial charge in [-0.2, -0.15) is 0 Å². The van der Waals surface area contributed by atoms with E-state index in [2.05, 4.69) is 35.9 Å². The lowest BCUT2D eigenvalue weighted by molar-refractivity contribution is -0.122. The van der Waals surface area contributed by atoms with Gasteiger partial charge < -0.3 is 11.1 Å². The molecule has 1 aliphatic rings. The molecule has 0 unspecified atom stereocenters. The van der Waals surface area contributed by atoms with Crippen LogP contribution in [0.5, 0.6) is 0 Å². The van der Waals surface area contributed by atoms with E-state index in [-0.39, 0.29) is 11.4 Å². The first kappa shape index (κ1) is 14.4. The zero-order chi connectivity index (χ0) is 12.9. The molecular formula is C12H26N4O. The highest BCUT2D eigenvalue weighted by Gasteiger charge is 2.26. The van der Waals surface area contributed by atoms with Gasteiger partial charge in [-0.1, -0.05) is 0 Å². The SMILES string of the molecule is CC(C)(C)N1CCN(CC(=O)NCCN)CC1. The fourth-order valence-electron chi connectivity index (χ4n) is 2.05. The van der Waals surface area contributed by atoms with E-state index < -0.39 is 0 Å². The molecule has 3 N–H and O–H groups in total. The minimum Gasteiger partial charge on any atom is -0.354 e. The van der Waals surface area contributed by atoms with Crippen LogP contribution in [0.3, 0.4) is 0 Å². The maximum atomic E-state index is 11.5. The van der Waals surface area contributed by atoms with Crippen molar-refractivity contribution in [2.24, 2.45) is 5.73 Å². The van der Waals surface area contributed by atoms with Gasteiger partial charge in [-0.05, 0) is 20.8 Å². The summed E-state index contributed by atoms with van der Waals surface area (Å²) in [6, 6.07) is 0. The summed E-state index contributed by atoms with van der Waals surface area (Å²) in [5, 5.41) is 2.80. The lowest BCUT2D eigenvalue weighted by atomic mass is 10.1. The third kappa shape index (κ3) is 5.02. The van der Waals surface area contributed by atoms with Gasteiger partial charge in [-0.25, -0.2) is 0 Å². The lowest BCUT2D eigenvalue weighted by Crippen LogP contribution is -2.54. The number of hydrogen-bond donors (Lipinski definition) is 2. The predicted octanol–water partition coefficient (Wildman–Crippen LogP) is -0.523. The third-order valence-electron chi connectivity index (χ3n) is 3.15. The van der Waals surface area contributed by atoms with Gasteiger partial charge in [0.1, 0.15) is 0 Å². The van der Waals surface area contributed by atoms with Gasteiger partial charge in [0.25, 0.3) is 0 Å². The van der Waals surface area contributed by atoms with Gasteiger partial charge in [0, 0.05) is 44.8 Å². The molecule has 1 rings (SSSR count). The number of rotatable bonds is 4. The van der Waals surface area contributed by atoms with E-state index in [0.717, 1.165) is 26.2 Å². The Hall–Kier alpha value is -0.650. The van der Waals surface area contributed by atoms with Gasteiger partial charge in [-0.15, -0.1) is 0 Å². The summed E-state index contributed by atoms with van der Waals surface area (Å²) < 4.78 is 0. The van der Waals surface area contributed by atoms with Crippen LogP contribution in [0, 0.1) is 0 Å². The fourth-order valence-corrected chi connectivity index (χ4v) is 2.05. The molecule has 0 aromatic rings. The van der Waals surface area contributed by atoms with Crippen molar-refractivity contribution in [1.82, 2.24) is 15.1 Å². The number of hydrogen-bond acceptors (Lipinski definition) is 4. The van der Waals surface area contributed by atoms with Crippen molar-refractivity contribution in [1.29, 1.82) is 0 Å². The quantitative estimate of drug-likeness (QED) is 0.696. The van der Waals surface area contributed by atoms with E-state index in [9.17, 15) is 4.79 Å². The van der Waals surface area contributed by atoms with Crippen LogP contribution in [0.4, 0.5) is 0 Å². The Kier molecular flexibility index (Phi) is 5.36. The fraction of sp³-hybridized carbons (Fsp3) is 0.917. The van der Waals surface area contributed by atoms with E-state index >= 15 is 0 Å². The van der Waals surface area contributed by atoms with Crippen LogP contribution in [0.25, 0.3) is 0 Å². The molecule has 5 heteroatoms. The zero-order valence-electron chi connectivity index (χ0n) is 11.3. The molecule has 1 amide bonds. The van der Waals surface area contributed by atoms with Crippen molar-refractivity contribution in [2.75, 3.05) is 45.8 Å². The average molecular weight is 242 g/mol. The number of amides is 1. The highest BCUT2D eigenvalue weighted by Crippen LogP contribution is 2.15. The number of nitrogens with one attached hydrogen (secondary N) is 1. The third-order valence-corrected chi connectivity index (χ3v) is 3.15. The second-order valence-corrected chi connectivity index (χ2v) is 5.57. The normalized spacial score (nSPS) is 19.3. The second kappa shape index (κ2) is 6.33. The van der Waals surface area contributed by atoms with Gasteiger partial charge >= 0.3 is 0 Å². The topological polar surface area (TPSA) is 61.6 Å². The van der Waals surface area contributed by atoms with Crippen molar-refractivity contribution in [2.45, 2.75) is 26.3 Å². The van der Waals surface area contributed by atoms with Crippen molar-refractivity contribution in [3.63, 3.8) is 0 Å². The number of nitrogens with zero attached hydrogens (tertiary/aromatic N) is 2. The van der Waals surface area contributed by atoms with E-state index in [1.807, 2.05) is 0 Å². The molecule has 0 aliphatic carbocycles.